The minimum Gasteiger partial charge on any atom is -0.474 e. The molecule has 10 heteroatoms. The van der Waals surface area contributed by atoms with Crippen LogP contribution in [0.15, 0.2) is 6.07 Å². The minimum absolute atomic E-state index is 0.206. The first-order valence-corrected chi connectivity index (χ1v) is 10.0. The Bertz CT molecular complexity index is 779. The van der Waals surface area contributed by atoms with Crippen molar-refractivity contribution in [1.82, 2.24) is 9.62 Å². The largest absolute Gasteiger partial charge is 0.474 e. The van der Waals surface area contributed by atoms with Crippen molar-refractivity contribution in [2.24, 2.45) is 0 Å². The number of rotatable bonds is 4. The molecule has 1 fully saturated rings. The molecule has 2 N–H and O–H groups in total. The van der Waals surface area contributed by atoms with Gasteiger partial charge in [-0.15, -0.1) is 0 Å². The molecule has 1 aromatic rings. The van der Waals surface area contributed by atoms with E-state index in [0.29, 0.717) is 29.5 Å². The summed E-state index contributed by atoms with van der Waals surface area (Å²) in [5.74, 6) is 0.590. The lowest BCUT2D eigenvalue weighted by molar-refractivity contribution is -0.0612. The summed E-state index contributed by atoms with van der Waals surface area (Å²) in [6.45, 7) is 6.64. The van der Waals surface area contributed by atoms with Crippen molar-refractivity contribution < 1.29 is 22.4 Å². The molecule has 0 bridgehead atoms. The van der Waals surface area contributed by atoms with Crippen LogP contribution < -0.4 is 9.46 Å². The van der Waals surface area contributed by atoms with Crippen LogP contribution in [-0.4, -0.2) is 50.4 Å². The second-order valence-corrected chi connectivity index (χ2v) is 8.68. The summed E-state index contributed by atoms with van der Waals surface area (Å²) < 4.78 is 44.4. The molecule has 0 aromatic heterocycles. The molecule has 1 unspecified atom stereocenters. The maximum Gasteiger partial charge on any atom is 0.333 e. The highest BCUT2D eigenvalue weighted by Gasteiger charge is 2.47. The Balaban J connectivity index is 1.96. The summed E-state index contributed by atoms with van der Waals surface area (Å²) in [7, 11) is -4.35. The summed E-state index contributed by atoms with van der Waals surface area (Å²) in [6.07, 6.45) is -0.218. The molecule has 2 heterocycles. The highest BCUT2D eigenvalue weighted by molar-refractivity contribution is 7.83. The average molecular weight is 411 g/mol. The first-order valence-electron chi connectivity index (χ1n) is 7.83. The second-order valence-electron chi connectivity index (χ2n) is 6.66. The van der Waals surface area contributed by atoms with Gasteiger partial charge in [-0.3, -0.25) is 9.45 Å². The monoisotopic (exact) mass is 410 g/mol. The van der Waals surface area contributed by atoms with Crippen LogP contribution in [0.5, 0.6) is 5.75 Å². The van der Waals surface area contributed by atoms with Crippen LogP contribution in [0.3, 0.4) is 0 Å². The fourth-order valence-electron chi connectivity index (χ4n) is 3.39. The summed E-state index contributed by atoms with van der Waals surface area (Å²) in [6, 6.07) is 1.64. The predicted molar refractivity (Wildman–Crippen MR) is 94.7 cm³/mol. The lowest BCUT2D eigenvalue weighted by atomic mass is 9.82. The van der Waals surface area contributed by atoms with Crippen molar-refractivity contribution >= 4 is 33.5 Å². The molecular formula is C15H20Cl2N2O5S. The number of benzene rings is 1. The normalized spacial score (nSPS) is 23.3. The number of hydrogen-bond acceptors (Lipinski definition) is 5. The first kappa shape index (κ1) is 19.2. The Morgan fingerprint density at radius 2 is 2.00 bits per heavy atom. The van der Waals surface area contributed by atoms with Crippen molar-refractivity contribution in [3.63, 3.8) is 0 Å². The molecule has 3 rings (SSSR count). The topological polar surface area (TPSA) is 88.1 Å². The van der Waals surface area contributed by atoms with E-state index in [-0.39, 0.29) is 17.8 Å². The molecule has 140 valence electrons. The van der Waals surface area contributed by atoms with Crippen LogP contribution in [0.4, 0.5) is 0 Å². The van der Waals surface area contributed by atoms with Crippen LogP contribution >= 0.6 is 23.2 Å². The van der Waals surface area contributed by atoms with Gasteiger partial charge in [-0.25, -0.2) is 0 Å². The Morgan fingerprint density at radius 1 is 1.36 bits per heavy atom. The van der Waals surface area contributed by atoms with Gasteiger partial charge in [0.1, 0.15) is 5.75 Å². The molecule has 7 nitrogen and oxygen atoms in total. The fraction of sp³-hybridized carbons (Fsp3) is 0.600. The SMILES string of the molecule is CC1(C)c2c(cc(Cl)c(CNS(=O)(=O)O)c2Cl)OC1N1CCOCC1. The molecule has 0 spiro atoms. The molecule has 1 saturated heterocycles. The third-order valence-electron chi connectivity index (χ3n) is 4.59. The van der Waals surface area contributed by atoms with E-state index in [2.05, 4.69) is 4.90 Å². The number of morpholine rings is 1. The Labute approximate surface area is 157 Å². The maximum absolute atomic E-state index is 11.0. The van der Waals surface area contributed by atoms with E-state index in [9.17, 15) is 8.42 Å². The van der Waals surface area contributed by atoms with E-state index in [1.165, 1.54) is 0 Å². The Kier molecular flexibility index (Phi) is 5.25. The number of halogens is 2. The summed E-state index contributed by atoms with van der Waals surface area (Å²) in [5, 5.41) is 0.623. The zero-order valence-electron chi connectivity index (χ0n) is 13.9. The summed E-state index contributed by atoms with van der Waals surface area (Å²) >= 11 is 12.8. The third-order valence-corrected chi connectivity index (χ3v) is 5.85. The van der Waals surface area contributed by atoms with Crippen molar-refractivity contribution in [3.8, 4) is 5.75 Å². The van der Waals surface area contributed by atoms with E-state index in [0.717, 1.165) is 18.7 Å². The van der Waals surface area contributed by atoms with Gasteiger partial charge in [0.25, 0.3) is 0 Å². The fourth-order valence-corrected chi connectivity index (χ4v) is 4.53. The van der Waals surface area contributed by atoms with Gasteiger partial charge in [0.05, 0.1) is 23.3 Å². The van der Waals surface area contributed by atoms with E-state index < -0.39 is 15.7 Å². The van der Waals surface area contributed by atoms with Crippen LogP contribution in [0.2, 0.25) is 10.0 Å². The molecule has 2 aliphatic rings. The van der Waals surface area contributed by atoms with E-state index >= 15 is 0 Å². The van der Waals surface area contributed by atoms with Gasteiger partial charge in [0.2, 0.25) is 0 Å². The highest BCUT2D eigenvalue weighted by Crippen LogP contribution is 2.50. The minimum atomic E-state index is -4.35. The second kappa shape index (κ2) is 6.84. The zero-order valence-corrected chi connectivity index (χ0v) is 16.2. The molecule has 1 atom stereocenters. The summed E-state index contributed by atoms with van der Waals surface area (Å²) in [4.78, 5) is 2.20. The third kappa shape index (κ3) is 3.75. The van der Waals surface area contributed by atoms with Crippen molar-refractivity contribution in [2.45, 2.75) is 32.0 Å². The Hall–Kier alpha value is -0.610. The van der Waals surface area contributed by atoms with Crippen molar-refractivity contribution in [2.75, 3.05) is 26.3 Å². The van der Waals surface area contributed by atoms with Gasteiger partial charge in [-0.05, 0) is 6.07 Å². The van der Waals surface area contributed by atoms with Gasteiger partial charge in [-0.1, -0.05) is 37.0 Å². The molecule has 0 radical (unpaired) electrons. The van der Waals surface area contributed by atoms with E-state index in [1.54, 1.807) is 6.07 Å². The Morgan fingerprint density at radius 3 is 2.60 bits per heavy atom. The molecule has 0 aliphatic carbocycles. The number of hydrogen-bond donors (Lipinski definition) is 2. The first-order chi connectivity index (χ1) is 11.6. The zero-order chi connectivity index (χ0) is 18.4. The van der Waals surface area contributed by atoms with Gasteiger partial charge in [-0.2, -0.15) is 13.1 Å². The van der Waals surface area contributed by atoms with Gasteiger partial charge in [0.15, 0.2) is 6.23 Å². The van der Waals surface area contributed by atoms with Crippen LogP contribution in [0, 0.1) is 0 Å². The molecular weight excluding hydrogens is 391 g/mol. The van der Waals surface area contributed by atoms with Gasteiger partial charge >= 0.3 is 10.3 Å². The molecule has 0 saturated carbocycles. The molecule has 0 amide bonds. The van der Waals surface area contributed by atoms with E-state index in [1.807, 2.05) is 18.6 Å². The smallest absolute Gasteiger partial charge is 0.333 e. The van der Waals surface area contributed by atoms with Crippen molar-refractivity contribution in [3.05, 3.63) is 27.2 Å². The van der Waals surface area contributed by atoms with Gasteiger partial charge in [0, 0.05) is 36.2 Å². The van der Waals surface area contributed by atoms with E-state index in [4.69, 9.17) is 37.2 Å². The van der Waals surface area contributed by atoms with Crippen LogP contribution in [0.25, 0.3) is 0 Å². The molecule has 25 heavy (non-hydrogen) atoms. The number of nitrogens with one attached hydrogen (secondary N) is 1. The van der Waals surface area contributed by atoms with Gasteiger partial charge < -0.3 is 9.47 Å². The lowest BCUT2D eigenvalue weighted by Gasteiger charge is -2.38. The molecule has 1 aromatic carbocycles. The summed E-state index contributed by atoms with van der Waals surface area (Å²) in [5.41, 5.74) is 0.752. The quantitative estimate of drug-likeness (QED) is 0.739. The number of ether oxygens (including phenoxy) is 2. The number of nitrogens with zero attached hydrogens (tertiary/aromatic N) is 1. The van der Waals surface area contributed by atoms with Crippen LogP contribution in [-0.2, 0) is 27.0 Å². The standard InChI is InChI=1S/C15H20Cl2N2O5S/c1-15(2)12-11(24-14(15)19-3-5-23-6-4-19)7-10(16)9(13(12)17)8-18-25(20,21)22/h7,14,18H,3-6,8H2,1-2H3,(H,20,21,22). The predicted octanol–water partition coefficient (Wildman–Crippen LogP) is 2.21. The average Bonchev–Trinajstić information content (AvgIpc) is 2.77. The highest BCUT2D eigenvalue weighted by atomic mass is 35.5. The molecule has 2 aliphatic heterocycles. The maximum atomic E-state index is 11.0. The van der Waals surface area contributed by atoms with Crippen LogP contribution in [0.1, 0.15) is 25.0 Å². The lowest BCUT2D eigenvalue weighted by Crippen LogP contribution is -2.52. The number of fused-ring (bicyclic) bond motifs is 1. The van der Waals surface area contributed by atoms with Crippen molar-refractivity contribution in [1.29, 1.82) is 0 Å².